The van der Waals surface area contributed by atoms with Crippen LogP contribution >= 0.6 is 11.8 Å². The Kier molecular flexibility index (Phi) is 6.45. The number of fused-ring (bicyclic) bond motifs is 2. The van der Waals surface area contributed by atoms with E-state index in [2.05, 4.69) is 17.4 Å². The molecular formula is C28H28N4O3S. The van der Waals surface area contributed by atoms with Crippen molar-refractivity contribution < 1.29 is 14.4 Å². The standard InChI is InChI=1S/C28H28N4O3S/c1-30(2)21-9-4-19(5-10-21)27(34)31-14-15-32-25(17-31)26(33)29-24-13-8-20(16-23(24)28(32)35)18-6-11-22(36-3)12-7-18/h4-13,16,25H,14-15,17H2,1-3H3,(H,29,33)/t25-/m1/s1. The molecule has 8 heteroatoms. The van der Waals surface area contributed by atoms with Crippen LogP contribution in [0.5, 0.6) is 0 Å². The fourth-order valence-corrected chi connectivity index (χ4v) is 5.09. The second-order valence-corrected chi connectivity index (χ2v) is 10.1. The number of anilines is 2. The molecule has 5 rings (SSSR count). The third kappa shape index (κ3) is 4.44. The maximum absolute atomic E-state index is 13.6. The van der Waals surface area contributed by atoms with Gasteiger partial charge in [-0.25, -0.2) is 0 Å². The number of piperazine rings is 1. The predicted octanol–water partition coefficient (Wildman–Crippen LogP) is 4.06. The zero-order chi connectivity index (χ0) is 25.4. The summed E-state index contributed by atoms with van der Waals surface area (Å²) in [5, 5.41) is 2.92. The second kappa shape index (κ2) is 9.70. The van der Waals surface area contributed by atoms with Crippen LogP contribution in [-0.2, 0) is 4.79 Å². The smallest absolute Gasteiger partial charge is 0.256 e. The topological polar surface area (TPSA) is 73.0 Å². The van der Waals surface area contributed by atoms with Gasteiger partial charge >= 0.3 is 0 Å². The zero-order valence-corrected chi connectivity index (χ0v) is 21.3. The zero-order valence-electron chi connectivity index (χ0n) is 20.5. The lowest BCUT2D eigenvalue weighted by molar-refractivity contribution is -0.121. The number of carbonyl (C=O) groups excluding carboxylic acids is 3. The first-order valence-electron chi connectivity index (χ1n) is 11.8. The number of benzene rings is 3. The number of hydrogen-bond donors (Lipinski definition) is 1. The van der Waals surface area contributed by atoms with Gasteiger partial charge in [0.25, 0.3) is 11.8 Å². The molecule has 3 aromatic rings. The number of thioether (sulfide) groups is 1. The number of hydrogen-bond acceptors (Lipinski definition) is 5. The van der Waals surface area contributed by atoms with Crippen molar-refractivity contribution in [3.63, 3.8) is 0 Å². The van der Waals surface area contributed by atoms with Gasteiger partial charge in [-0.1, -0.05) is 18.2 Å². The average molecular weight is 501 g/mol. The van der Waals surface area contributed by atoms with Gasteiger partial charge in [-0.3, -0.25) is 14.4 Å². The lowest BCUT2D eigenvalue weighted by Crippen LogP contribution is -2.59. The Morgan fingerprint density at radius 2 is 1.64 bits per heavy atom. The SMILES string of the molecule is CSc1ccc(-c2ccc3c(c2)C(=O)N2CCN(C(=O)c4ccc(N(C)C)cc4)C[C@@H]2C(=O)N3)cc1. The summed E-state index contributed by atoms with van der Waals surface area (Å²) in [5.74, 6) is -0.615. The number of carbonyl (C=O) groups is 3. The van der Waals surface area contributed by atoms with Crippen molar-refractivity contribution in [2.45, 2.75) is 10.9 Å². The minimum Gasteiger partial charge on any atom is -0.378 e. The van der Waals surface area contributed by atoms with Crippen LogP contribution in [-0.4, -0.2) is 73.5 Å². The maximum Gasteiger partial charge on any atom is 0.256 e. The molecule has 0 spiro atoms. The van der Waals surface area contributed by atoms with Crippen LogP contribution in [0.3, 0.4) is 0 Å². The Balaban J connectivity index is 1.37. The Labute approximate surface area is 215 Å². The molecule has 0 aromatic heterocycles. The highest BCUT2D eigenvalue weighted by Crippen LogP contribution is 2.31. The normalized spacial score (nSPS) is 17.1. The molecule has 7 nitrogen and oxygen atoms in total. The molecule has 1 fully saturated rings. The van der Waals surface area contributed by atoms with E-state index in [9.17, 15) is 14.4 Å². The Bertz CT molecular complexity index is 1320. The van der Waals surface area contributed by atoms with E-state index in [1.165, 1.54) is 4.90 Å². The van der Waals surface area contributed by atoms with Gasteiger partial charge in [-0.05, 0) is 65.9 Å². The number of nitrogens with zero attached hydrogens (tertiary/aromatic N) is 3. The molecule has 1 atom stereocenters. The highest BCUT2D eigenvalue weighted by atomic mass is 32.2. The quantitative estimate of drug-likeness (QED) is 0.547. The van der Waals surface area contributed by atoms with Crippen molar-refractivity contribution in [1.29, 1.82) is 0 Å². The lowest BCUT2D eigenvalue weighted by atomic mass is 10.0. The number of amides is 3. The third-order valence-electron chi connectivity index (χ3n) is 6.79. The molecule has 0 bridgehead atoms. The van der Waals surface area contributed by atoms with Gasteiger partial charge in [0, 0.05) is 43.3 Å². The van der Waals surface area contributed by atoms with E-state index in [1.807, 2.05) is 61.6 Å². The van der Waals surface area contributed by atoms with Crippen LogP contribution in [0.2, 0.25) is 0 Å². The van der Waals surface area contributed by atoms with Crippen LogP contribution in [0, 0.1) is 0 Å². The minimum absolute atomic E-state index is 0.141. The van der Waals surface area contributed by atoms with Crippen molar-refractivity contribution >= 4 is 40.9 Å². The summed E-state index contributed by atoms with van der Waals surface area (Å²) in [4.78, 5) is 46.3. The summed E-state index contributed by atoms with van der Waals surface area (Å²) >= 11 is 1.68. The summed E-state index contributed by atoms with van der Waals surface area (Å²) in [6, 6.07) is 20.4. The molecule has 2 aliphatic rings. The molecule has 2 aliphatic heterocycles. The summed E-state index contributed by atoms with van der Waals surface area (Å²) in [7, 11) is 3.89. The molecule has 0 aliphatic carbocycles. The molecule has 0 radical (unpaired) electrons. The van der Waals surface area contributed by atoms with Gasteiger partial charge in [0.2, 0.25) is 5.91 Å². The summed E-state index contributed by atoms with van der Waals surface area (Å²) in [6.07, 6.45) is 2.03. The van der Waals surface area contributed by atoms with Gasteiger partial charge in [0.15, 0.2) is 0 Å². The van der Waals surface area contributed by atoms with Crippen molar-refractivity contribution in [3.8, 4) is 11.1 Å². The van der Waals surface area contributed by atoms with Gasteiger partial charge in [-0.2, -0.15) is 0 Å². The first kappa shape index (κ1) is 23.9. The Hall–Kier alpha value is -3.78. The first-order valence-corrected chi connectivity index (χ1v) is 13.0. The van der Waals surface area contributed by atoms with Crippen molar-refractivity contribution in [1.82, 2.24) is 9.80 Å². The van der Waals surface area contributed by atoms with Crippen LogP contribution < -0.4 is 10.2 Å². The molecule has 3 amide bonds. The van der Waals surface area contributed by atoms with E-state index in [0.717, 1.165) is 16.8 Å². The Morgan fingerprint density at radius 1 is 0.944 bits per heavy atom. The van der Waals surface area contributed by atoms with Gasteiger partial charge in [0.05, 0.1) is 17.8 Å². The molecule has 1 saturated heterocycles. The average Bonchev–Trinajstić information content (AvgIpc) is 3.01. The van der Waals surface area contributed by atoms with E-state index in [1.54, 1.807) is 39.8 Å². The highest BCUT2D eigenvalue weighted by Gasteiger charge is 2.40. The van der Waals surface area contributed by atoms with Crippen LogP contribution in [0.1, 0.15) is 20.7 Å². The number of nitrogens with one attached hydrogen (secondary N) is 1. The van der Waals surface area contributed by atoms with Crippen LogP contribution in [0.4, 0.5) is 11.4 Å². The van der Waals surface area contributed by atoms with Gasteiger partial charge < -0.3 is 20.0 Å². The molecular weight excluding hydrogens is 472 g/mol. The molecule has 184 valence electrons. The summed E-state index contributed by atoms with van der Waals surface area (Å²) in [6.45, 7) is 0.822. The van der Waals surface area contributed by atoms with E-state index in [0.29, 0.717) is 29.9 Å². The van der Waals surface area contributed by atoms with Crippen molar-refractivity contribution in [3.05, 3.63) is 77.9 Å². The van der Waals surface area contributed by atoms with Crippen LogP contribution in [0.15, 0.2) is 71.6 Å². The lowest BCUT2D eigenvalue weighted by Gasteiger charge is -2.39. The summed E-state index contributed by atoms with van der Waals surface area (Å²) in [5.41, 5.74) is 4.46. The van der Waals surface area contributed by atoms with Gasteiger partial charge in [0.1, 0.15) is 6.04 Å². The van der Waals surface area contributed by atoms with E-state index in [4.69, 9.17) is 0 Å². The van der Waals surface area contributed by atoms with Gasteiger partial charge in [-0.15, -0.1) is 11.8 Å². The number of rotatable bonds is 4. The van der Waals surface area contributed by atoms with Crippen molar-refractivity contribution in [2.24, 2.45) is 0 Å². The molecule has 0 saturated carbocycles. The molecule has 2 heterocycles. The largest absolute Gasteiger partial charge is 0.378 e. The fraction of sp³-hybridized carbons (Fsp3) is 0.250. The monoisotopic (exact) mass is 500 g/mol. The maximum atomic E-state index is 13.6. The van der Waals surface area contributed by atoms with Crippen molar-refractivity contribution in [2.75, 3.05) is 50.2 Å². The summed E-state index contributed by atoms with van der Waals surface area (Å²) < 4.78 is 0. The molecule has 3 aromatic carbocycles. The minimum atomic E-state index is -0.743. The van der Waals surface area contributed by atoms with E-state index >= 15 is 0 Å². The van der Waals surface area contributed by atoms with Crippen LogP contribution in [0.25, 0.3) is 11.1 Å². The molecule has 1 N–H and O–H groups in total. The van der Waals surface area contributed by atoms with E-state index in [-0.39, 0.29) is 24.3 Å². The first-order chi connectivity index (χ1) is 17.4. The third-order valence-corrected chi connectivity index (χ3v) is 7.54. The molecule has 36 heavy (non-hydrogen) atoms. The molecule has 0 unspecified atom stereocenters. The second-order valence-electron chi connectivity index (χ2n) is 9.18. The Morgan fingerprint density at radius 3 is 2.31 bits per heavy atom. The van der Waals surface area contributed by atoms with E-state index < -0.39 is 6.04 Å². The fourth-order valence-electron chi connectivity index (χ4n) is 4.68. The predicted molar refractivity (Wildman–Crippen MR) is 144 cm³/mol. The highest BCUT2D eigenvalue weighted by molar-refractivity contribution is 7.98.